The number of nitrogens with zero attached hydrogens (tertiary/aromatic N) is 2. The molecule has 0 aliphatic heterocycles. The zero-order valence-corrected chi connectivity index (χ0v) is 13.5. The smallest absolute Gasteiger partial charge is 0.242 e. The minimum atomic E-state index is -3.48. The van der Waals surface area contributed by atoms with Crippen LogP contribution >= 0.6 is 0 Å². The van der Waals surface area contributed by atoms with Gasteiger partial charge in [-0.1, -0.05) is 12.1 Å². The summed E-state index contributed by atoms with van der Waals surface area (Å²) in [4.78, 5) is 0.242. The van der Waals surface area contributed by atoms with E-state index in [0.29, 0.717) is 12.2 Å². The van der Waals surface area contributed by atoms with Crippen LogP contribution in [0.5, 0.6) is 0 Å². The molecule has 0 saturated heterocycles. The van der Waals surface area contributed by atoms with Gasteiger partial charge in [0.1, 0.15) is 4.90 Å². The maximum atomic E-state index is 12.0. The highest BCUT2D eigenvalue weighted by Gasteiger charge is 2.16. The van der Waals surface area contributed by atoms with Gasteiger partial charge < -0.3 is 5.32 Å². The third kappa shape index (κ3) is 3.08. The summed E-state index contributed by atoms with van der Waals surface area (Å²) in [6, 6.07) is 6.85. The quantitative estimate of drug-likeness (QED) is 0.879. The average molecular weight is 308 g/mol. The van der Waals surface area contributed by atoms with Crippen molar-refractivity contribution < 1.29 is 8.42 Å². The molecule has 0 spiro atoms. The molecule has 0 fully saturated rings. The van der Waals surface area contributed by atoms with E-state index in [2.05, 4.69) is 15.1 Å². The molecule has 1 heterocycles. The summed E-state index contributed by atoms with van der Waals surface area (Å²) in [7, 11) is -0.183. The van der Waals surface area contributed by atoms with E-state index in [4.69, 9.17) is 0 Å². The fourth-order valence-corrected chi connectivity index (χ4v) is 3.12. The molecule has 1 aromatic heterocycles. The van der Waals surface area contributed by atoms with Gasteiger partial charge in [0, 0.05) is 24.8 Å². The monoisotopic (exact) mass is 308 g/mol. The summed E-state index contributed by atoms with van der Waals surface area (Å²) in [6.07, 6.45) is 0. The van der Waals surface area contributed by atoms with Crippen LogP contribution in [0.15, 0.2) is 29.2 Å². The molecule has 114 valence electrons. The Kier molecular flexibility index (Phi) is 4.34. The molecule has 0 aliphatic carbocycles. The normalized spacial score (nSPS) is 11.6. The molecule has 6 nitrogen and oxygen atoms in total. The molecule has 7 heteroatoms. The number of anilines is 1. The van der Waals surface area contributed by atoms with Crippen LogP contribution in [0, 0.1) is 13.8 Å². The zero-order chi connectivity index (χ0) is 15.6. The maximum absolute atomic E-state index is 12.0. The van der Waals surface area contributed by atoms with Crippen LogP contribution in [-0.4, -0.2) is 25.2 Å². The van der Waals surface area contributed by atoms with Crippen molar-refractivity contribution in [2.75, 3.05) is 12.4 Å². The third-order valence-corrected chi connectivity index (χ3v) is 5.03. The molecule has 2 N–H and O–H groups in total. The number of nitrogens with one attached hydrogen (secondary N) is 2. The van der Waals surface area contributed by atoms with E-state index in [9.17, 15) is 8.42 Å². The SMILES string of the molecule is CNS(=O)(=O)c1ccccc1NCc1c(C)nn(C)c1C. The number of sulfonamides is 1. The van der Waals surface area contributed by atoms with Crippen LogP contribution in [0.2, 0.25) is 0 Å². The molecule has 2 aromatic rings. The van der Waals surface area contributed by atoms with Crippen LogP contribution in [-0.2, 0) is 23.6 Å². The van der Waals surface area contributed by atoms with Crippen LogP contribution < -0.4 is 10.0 Å². The molecule has 0 radical (unpaired) electrons. The van der Waals surface area contributed by atoms with Gasteiger partial charge in [-0.2, -0.15) is 5.10 Å². The molecule has 0 amide bonds. The second-order valence-electron chi connectivity index (χ2n) is 4.83. The first-order chi connectivity index (χ1) is 9.86. The summed E-state index contributed by atoms with van der Waals surface area (Å²) in [6.45, 7) is 4.47. The number of aromatic nitrogens is 2. The van der Waals surface area contributed by atoms with Crippen molar-refractivity contribution in [1.82, 2.24) is 14.5 Å². The molecule has 0 saturated carbocycles. The second kappa shape index (κ2) is 5.87. The summed E-state index contributed by atoms with van der Waals surface area (Å²) in [5, 5.41) is 7.55. The number of rotatable bonds is 5. The highest BCUT2D eigenvalue weighted by molar-refractivity contribution is 7.89. The lowest BCUT2D eigenvalue weighted by Gasteiger charge is -2.12. The van der Waals surface area contributed by atoms with Crippen molar-refractivity contribution in [3.63, 3.8) is 0 Å². The standard InChI is InChI=1S/C14H20N4O2S/c1-10-12(11(2)18(4)17-10)9-16-13-7-5-6-8-14(13)21(19,20)15-3/h5-8,15-16H,9H2,1-4H3. The molecule has 0 aliphatic rings. The van der Waals surface area contributed by atoms with Crippen molar-refractivity contribution in [2.24, 2.45) is 7.05 Å². The Morgan fingerprint density at radius 1 is 1.24 bits per heavy atom. The molecular weight excluding hydrogens is 288 g/mol. The molecular formula is C14H20N4O2S. The Bertz CT molecular complexity index is 750. The highest BCUT2D eigenvalue weighted by Crippen LogP contribution is 2.22. The van der Waals surface area contributed by atoms with Gasteiger partial charge >= 0.3 is 0 Å². The predicted octanol–water partition coefficient (Wildman–Crippen LogP) is 1.56. The number of hydrogen-bond donors (Lipinski definition) is 2. The Hall–Kier alpha value is -1.86. The van der Waals surface area contributed by atoms with E-state index in [1.54, 1.807) is 24.3 Å². The fraction of sp³-hybridized carbons (Fsp3) is 0.357. The van der Waals surface area contributed by atoms with E-state index in [0.717, 1.165) is 17.0 Å². The van der Waals surface area contributed by atoms with Gasteiger partial charge in [-0.25, -0.2) is 13.1 Å². The maximum Gasteiger partial charge on any atom is 0.242 e. The van der Waals surface area contributed by atoms with Crippen LogP contribution in [0.4, 0.5) is 5.69 Å². The topological polar surface area (TPSA) is 76.0 Å². The van der Waals surface area contributed by atoms with E-state index < -0.39 is 10.0 Å². The third-order valence-electron chi connectivity index (χ3n) is 3.56. The van der Waals surface area contributed by atoms with Crippen LogP contribution in [0.25, 0.3) is 0 Å². The Balaban J connectivity index is 2.29. The molecule has 0 bridgehead atoms. The van der Waals surface area contributed by atoms with E-state index in [1.807, 2.05) is 25.6 Å². The van der Waals surface area contributed by atoms with E-state index in [-0.39, 0.29) is 4.90 Å². The lowest BCUT2D eigenvalue weighted by Crippen LogP contribution is -2.20. The summed E-state index contributed by atoms with van der Waals surface area (Å²) >= 11 is 0. The van der Waals surface area contributed by atoms with E-state index in [1.165, 1.54) is 7.05 Å². The molecule has 0 atom stereocenters. The van der Waals surface area contributed by atoms with Gasteiger partial charge in [0.05, 0.1) is 11.4 Å². The first kappa shape index (κ1) is 15.5. The van der Waals surface area contributed by atoms with Gasteiger partial charge in [-0.05, 0) is 33.0 Å². The number of benzene rings is 1. The zero-order valence-electron chi connectivity index (χ0n) is 12.6. The lowest BCUT2D eigenvalue weighted by atomic mass is 10.2. The first-order valence-corrected chi connectivity index (χ1v) is 8.10. The minimum absolute atomic E-state index is 0.242. The Morgan fingerprint density at radius 3 is 2.48 bits per heavy atom. The van der Waals surface area contributed by atoms with Crippen molar-refractivity contribution >= 4 is 15.7 Å². The second-order valence-corrected chi connectivity index (χ2v) is 6.69. The van der Waals surface area contributed by atoms with Crippen molar-refractivity contribution in [3.05, 3.63) is 41.2 Å². The van der Waals surface area contributed by atoms with Crippen molar-refractivity contribution in [2.45, 2.75) is 25.3 Å². The van der Waals surface area contributed by atoms with Gasteiger partial charge in [0.2, 0.25) is 10.0 Å². The number of hydrogen-bond acceptors (Lipinski definition) is 4. The Labute approximate surface area is 125 Å². The van der Waals surface area contributed by atoms with Gasteiger partial charge in [0.15, 0.2) is 0 Å². The lowest BCUT2D eigenvalue weighted by molar-refractivity contribution is 0.588. The Morgan fingerprint density at radius 2 is 1.90 bits per heavy atom. The molecule has 1 aromatic carbocycles. The molecule has 0 unspecified atom stereocenters. The largest absolute Gasteiger partial charge is 0.380 e. The van der Waals surface area contributed by atoms with Crippen molar-refractivity contribution in [1.29, 1.82) is 0 Å². The number of para-hydroxylation sites is 1. The average Bonchev–Trinajstić information content (AvgIpc) is 2.70. The van der Waals surface area contributed by atoms with Crippen LogP contribution in [0.1, 0.15) is 17.0 Å². The predicted molar refractivity (Wildman–Crippen MR) is 82.7 cm³/mol. The first-order valence-electron chi connectivity index (χ1n) is 6.62. The minimum Gasteiger partial charge on any atom is -0.380 e. The van der Waals surface area contributed by atoms with Gasteiger partial charge in [-0.3, -0.25) is 4.68 Å². The summed E-state index contributed by atoms with van der Waals surface area (Å²) in [5.74, 6) is 0. The van der Waals surface area contributed by atoms with Crippen molar-refractivity contribution in [3.8, 4) is 0 Å². The molecule has 2 rings (SSSR count). The fourth-order valence-electron chi connectivity index (χ4n) is 2.21. The highest BCUT2D eigenvalue weighted by atomic mass is 32.2. The van der Waals surface area contributed by atoms with Crippen LogP contribution in [0.3, 0.4) is 0 Å². The van der Waals surface area contributed by atoms with Gasteiger partial charge in [0.25, 0.3) is 0 Å². The summed E-state index contributed by atoms with van der Waals surface area (Å²) < 4.78 is 28.2. The van der Waals surface area contributed by atoms with E-state index >= 15 is 0 Å². The van der Waals surface area contributed by atoms with Gasteiger partial charge in [-0.15, -0.1) is 0 Å². The number of aryl methyl sites for hydroxylation is 2. The summed E-state index contributed by atoms with van der Waals surface area (Å²) in [5.41, 5.74) is 3.66. The molecule has 21 heavy (non-hydrogen) atoms.